The topological polar surface area (TPSA) is 26.3 Å². The summed E-state index contributed by atoms with van der Waals surface area (Å²) in [7, 11) is 1.42. The predicted octanol–water partition coefficient (Wildman–Crippen LogP) is 2.69. The zero-order valence-electron chi connectivity index (χ0n) is 8.37. The van der Waals surface area contributed by atoms with Crippen molar-refractivity contribution in [1.82, 2.24) is 0 Å². The van der Waals surface area contributed by atoms with Crippen molar-refractivity contribution in [2.24, 2.45) is 0 Å². The number of carbonyl (C=O) groups is 1. The molecule has 0 aliphatic rings. The first-order valence-corrected chi connectivity index (χ1v) is 20.8. The molecule has 0 fully saturated rings. The van der Waals surface area contributed by atoms with Crippen molar-refractivity contribution in [3.63, 3.8) is 0 Å². The zero-order chi connectivity index (χ0) is 11.3. The minimum atomic E-state index is -2.59. The molecule has 1 aromatic carbocycles. The van der Waals surface area contributed by atoms with E-state index < -0.39 is 13.9 Å². The molecule has 0 spiro atoms. The number of carbonyl (C=O) groups excluding carboxylic acids is 1. The minimum absolute atomic E-state index is 0.147. The van der Waals surface area contributed by atoms with Gasteiger partial charge in [0.1, 0.15) is 0 Å². The first-order valence-electron chi connectivity index (χ1n) is 4.56. The van der Waals surface area contributed by atoms with Crippen molar-refractivity contribution < 1.29 is 9.53 Å². The average molecular weight is 443 g/mol. The Kier molecular flexibility index (Phi) is 5.63. The second kappa shape index (κ2) is 6.25. The molecule has 0 bridgehead atoms. The van der Waals surface area contributed by atoms with Crippen LogP contribution in [0.1, 0.15) is 6.42 Å². The van der Waals surface area contributed by atoms with Gasteiger partial charge in [0.25, 0.3) is 0 Å². The fraction of sp³-hybridized carbons (Fsp3) is 0.300. The molecule has 82 valence electrons. The second-order valence-electron chi connectivity index (χ2n) is 3.15. The second-order valence-corrected chi connectivity index (χ2v) is 35.5. The van der Waals surface area contributed by atoms with E-state index in [0.29, 0.717) is 6.42 Å². The Morgan fingerprint density at radius 1 is 1.33 bits per heavy atom. The maximum atomic E-state index is 11.1. The number of rotatable bonds is 4. The van der Waals surface area contributed by atoms with Crippen LogP contribution in [0, 0.1) is 0 Å². The van der Waals surface area contributed by atoms with Crippen molar-refractivity contribution in [1.29, 1.82) is 0 Å². The Bertz CT molecular complexity index is 327. The maximum absolute atomic E-state index is 11.1. The fourth-order valence-corrected chi connectivity index (χ4v) is 11.6. The van der Waals surface area contributed by atoms with E-state index >= 15 is 0 Å². The molecule has 0 saturated carbocycles. The van der Waals surface area contributed by atoms with Gasteiger partial charge in [-0.05, 0) is 0 Å². The molecule has 5 heteroatoms. The number of methoxy groups -OCH3 is 1. The molecule has 0 saturated heterocycles. The van der Waals surface area contributed by atoms with Crippen LogP contribution < -0.4 is 3.58 Å². The van der Waals surface area contributed by atoms with Crippen LogP contribution in [0.3, 0.4) is 0 Å². The van der Waals surface area contributed by atoms with Crippen LogP contribution >= 0.6 is 25.4 Å². The Labute approximate surface area is 106 Å². The van der Waals surface area contributed by atoms with Gasteiger partial charge in [0.15, 0.2) is 0 Å². The molecule has 15 heavy (non-hydrogen) atoms. The molecular weight excluding hydrogens is 431 g/mol. The van der Waals surface area contributed by atoms with Crippen LogP contribution in [0.4, 0.5) is 0 Å². The van der Waals surface area contributed by atoms with Crippen molar-refractivity contribution >= 4 is 48.9 Å². The molecular formula is C10H12Br2O2Sn. The Hall–Kier alpha value is 0.449. The number of hydrogen-bond acceptors (Lipinski definition) is 2. The van der Waals surface area contributed by atoms with Crippen molar-refractivity contribution in [3.8, 4) is 0 Å². The quantitative estimate of drug-likeness (QED) is 0.529. The molecule has 0 radical (unpaired) electrons. The standard InChI is InChI=1S/C6H5.C4H7O2.2BrH.Sn/c1-2-4-6-5-3-1;1-3-4(5)6-2;;;/h1-5H;1,3H2,2H3;2*1H;/q;;;;+2/p-2. The summed E-state index contributed by atoms with van der Waals surface area (Å²) in [6, 6.07) is 10.2. The van der Waals surface area contributed by atoms with Gasteiger partial charge in [0.05, 0.1) is 0 Å². The summed E-state index contributed by atoms with van der Waals surface area (Å²) >= 11 is 4.94. The van der Waals surface area contributed by atoms with Crippen molar-refractivity contribution in [2.45, 2.75) is 10.9 Å². The number of esters is 1. The summed E-state index contributed by atoms with van der Waals surface area (Å²) in [5, 5.41) is 0. The van der Waals surface area contributed by atoms with Gasteiger partial charge < -0.3 is 0 Å². The first-order chi connectivity index (χ1) is 7.06. The Morgan fingerprint density at radius 3 is 2.47 bits per heavy atom. The van der Waals surface area contributed by atoms with E-state index in [1.165, 1.54) is 10.7 Å². The molecule has 0 amide bonds. The van der Waals surface area contributed by atoms with Gasteiger partial charge in [-0.1, -0.05) is 0 Å². The SMILES string of the molecule is COC(=O)C[CH2][Sn]([Br])([Br])[c]1ccccc1. The predicted molar refractivity (Wildman–Crippen MR) is 71.1 cm³/mol. The van der Waals surface area contributed by atoms with Crippen LogP contribution in [0.15, 0.2) is 30.3 Å². The van der Waals surface area contributed by atoms with Crippen LogP contribution in [-0.4, -0.2) is 27.0 Å². The Morgan fingerprint density at radius 2 is 1.93 bits per heavy atom. The van der Waals surface area contributed by atoms with E-state index in [0.717, 1.165) is 4.44 Å². The third kappa shape index (κ3) is 4.44. The van der Waals surface area contributed by atoms with Gasteiger partial charge >= 0.3 is 107 Å². The molecule has 0 heterocycles. The third-order valence-corrected chi connectivity index (χ3v) is 19.4. The summed E-state index contributed by atoms with van der Waals surface area (Å²) in [5.41, 5.74) is 0. The summed E-state index contributed by atoms with van der Waals surface area (Å²) in [6.45, 7) is 0. The van der Waals surface area contributed by atoms with Crippen molar-refractivity contribution in [2.75, 3.05) is 7.11 Å². The van der Waals surface area contributed by atoms with Crippen LogP contribution in [0.25, 0.3) is 0 Å². The summed E-state index contributed by atoms with van der Waals surface area (Å²) in [5.74, 6) is -0.147. The van der Waals surface area contributed by atoms with Crippen LogP contribution in [-0.2, 0) is 9.53 Å². The molecule has 0 unspecified atom stereocenters. The van der Waals surface area contributed by atoms with Gasteiger partial charge in [-0.25, -0.2) is 0 Å². The van der Waals surface area contributed by atoms with Gasteiger partial charge in [-0.15, -0.1) is 0 Å². The number of hydrogen-bond donors (Lipinski definition) is 0. The average Bonchev–Trinajstić information content (AvgIpc) is 2.27. The van der Waals surface area contributed by atoms with Gasteiger partial charge in [0, 0.05) is 0 Å². The summed E-state index contributed by atoms with van der Waals surface area (Å²) < 4.78 is 6.79. The molecule has 1 aromatic rings. The fourth-order valence-electron chi connectivity index (χ4n) is 1.19. The van der Waals surface area contributed by atoms with E-state index in [4.69, 9.17) is 0 Å². The van der Waals surface area contributed by atoms with E-state index in [1.807, 2.05) is 18.2 Å². The molecule has 0 N–H and O–H groups in total. The molecule has 0 atom stereocenters. The summed E-state index contributed by atoms with van der Waals surface area (Å²) in [4.78, 5) is 11.1. The number of halogens is 2. The molecule has 0 aliphatic heterocycles. The number of benzene rings is 1. The van der Waals surface area contributed by atoms with Crippen molar-refractivity contribution in [3.05, 3.63) is 30.3 Å². The van der Waals surface area contributed by atoms with Crippen LogP contribution in [0.2, 0.25) is 4.44 Å². The molecule has 0 aromatic heterocycles. The first kappa shape index (κ1) is 13.5. The van der Waals surface area contributed by atoms with E-state index in [-0.39, 0.29) is 5.97 Å². The third-order valence-electron chi connectivity index (χ3n) is 2.07. The monoisotopic (exact) mass is 442 g/mol. The van der Waals surface area contributed by atoms with Gasteiger partial charge in [-0.2, -0.15) is 0 Å². The van der Waals surface area contributed by atoms with E-state index in [9.17, 15) is 4.79 Å². The van der Waals surface area contributed by atoms with Gasteiger partial charge in [0.2, 0.25) is 0 Å². The molecule has 0 aliphatic carbocycles. The molecule has 2 nitrogen and oxygen atoms in total. The summed E-state index contributed by atoms with van der Waals surface area (Å²) in [6.07, 6.45) is 0.470. The Balaban J connectivity index is 2.63. The van der Waals surface area contributed by atoms with Gasteiger partial charge in [-0.3, -0.25) is 0 Å². The van der Waals surface area contributed by atoms with E-state index in [2.05, 4.69) is 42.3 Å². The molecule has 1 rings (SSSR count). The number of ether oxygens (including phenoxy) is 1. The van der Waals surface area contributed by atoms with Crippen LogP contribution in [0.5, 0.6) is 0 Å². The van der Waals surface area contributed by atoms with E-state index in [1.54, 1.807) is 0 Å². The normalized spacial score (nSPS) is 11.1. The zero-order valence-corrected chi connectivity index (χ0v) is 14.4.